The molecular weight excluding hydrogens is 356 g/mol. The van der Waals surface area contributed by atoms with Crippen LogP contribution in [0.25, 0.3) is 6.08 Å². The number of rotatable bonds is 5. The van der Waals surface area contributed by atoms with Crippen LogP contribution in [-0.2, 0) is 18.4 Å². The molecule has 0 aliphatic carbocycles. The number of hydrogen-bond acceptors (Lipinski definition) is 5. The van der Waals surface area contributed by atoms with Gasteiger partial charge in [0.2, 0.25) is 5.91 Å². The van der Waals surface area contributed by atoms with Gasteiger partial charge in [-0.25, -0.2) is 0 Å². The second kappa shape index (κ2) is 7.17. The van der Waals surface area contributed by atoms with E-state index in [1.54, 1.807) is 34.9 Å². The van der Waals surface area contributed by atoms with Crippen molar-refractivity contribution < 1.29 is 9.32 Å². The summed E-state index contributed by atoms with van der Waals surface area (Å²) >= 11 is 6.15. The van der Waals surface area contributed by atoms with Crippen molar-refractivity contribution in [2.45, 2.75) is 27.3 Å². The molecule has 8 nitrogen and oxygen atoms in total. The van der Waals surface area contributed by atoms with E-state index in [-0.39, 0.29) is 5.91 Å². The fourth-order valence-corrected chi connectivity index (χ4v) is 2.82. The van der Waals surface area contributed by atoms with Crippen molar-refractivity contribution in [3.8, 4) is 0 Å². The van der Waals surface area contributed by atoms with Gasteiger partial charge in [-0.05, 0) is 26.8 Å². The van der Waals surface area contributed by atoms with Gasteiger partial charge >= 0.3 is 0 Å². The van der Waals surface area contributed by atoms with Crippen molar-refractivity contribution in [3.63, 3.8) is 0 Å². The molecule has 3 aromatic rings. The maximum Gasteiger partial charge on any atom is 0.248 e. The summed E-state index contributed by atoms with van der Waals surface area (Å²) in [7, 11) is 1.75. The molecule has 0 bridgehead atoms. The van der Waals surface area contributed by atoms with Gasteiger partial charge in [-0.15, -0.1) is 0 Å². The summed E-state index contributed by atoms with van der Waals surface area (Å²) in [6.45, 7) is 6.10. The third kappa shape index (κ3) is 3.70. The lowest BCUT2D eigenvalue weighted by Crippen LogP contribution is -2.07. The average molecular weight is 375 g/mol. The highest BCUT2D eigenvalue weighted by molar-refractivity contribution is 6.31. The van der Waals surface area contributed by atoms with Gasteiger partial charge in [-0.1, -0.05) is 16.8 Å². The zero-order chi connectivity index (χ0) is 18.8. The van der Waals surface area contributed by atoms with Gasteiger partial charge < -0.3 is 9.84 Å². The van der Waals surface area contributed by atoms with Crippen LogP contribution in [0.15, 0.2) is 23.0 Å². The largest absolute Gasteiger partial charge is 0.361 e. The summed E-state index contributed by atoms with van der Waals surface area (Å²) in [5.41, 5.74) is 3.88. The Balaban J connectivity index is 1.65. The van der Waals surface area contributed by atoms with Gasteiger partial charge in [0.25, 0.3) is 0 Å². The van der Waals surface area contributed by atoms with E-state index < -0.39 is 0 Å². The first-order valence-electron chi connectivity index (χ1n) is 7.97. The molecule has 0 radical (unpaired) electrons. The fourth-order valence-electron chi connectivity index (χ4n) is 2.58. The molecule has 3 rings (SSSR count). The van der Waals surface area contributed by atoms with Crippen molar-refractivity contribution in [1.82, 2.24) is 24.7 Å². The molecule has 26 heavy (non-hydrogen) atoms. The van der Waals surface area contributed by atoms with Crippen molar-refractivity contribution in [2.75, 3.05) is 5.32 Å². The maximum atomic E-state index is 12.1. The van der Waals surface area contributed by atoms with E-state index in [1.807, 2.05) is 20.8 Å². The molecular formula is C17H19ClN6O2. The van der Waals surface area contributed by atoms with Crippen LogP contribution in [0.5, 0.6) is 0 Å². The Bertz CT molecular complexity index is 962. The topological polar surface area (TPSA) is 90.8 Å². The first-order chi connectivity index (χ1) is 12.3. The Morgan fingerprint density at radius 1 is 1.35 bits per heavy atom. The van der Waals surface area contributed by atoms with E-state index in [1.165, 1.54) is 6.08 Å². The van der Waals surface area contributed by atoms with Gasteiger partial charge in [-0.3, -0.25) is 14.2 Å². The molecule has 0 aliphatic rings. The Hall–Kier alpha value is -2.87. The highest BCUT2D eigenvalue weighted by Gasteiger charge is 2.11. The molecule has 0 unspecified atom stereocenters. The van der Waals surface area contributed by atoms with Crippen LogP contribution in [-0.4, -0.2) is 30.6 Å². The van der Waals surface area contributed by atoms with Crippen molar-refractivity contribution in [1.29, 1.82) is 0 Å². The summed E-state index contributed by atoms with van der Waals surface area (Å²) in [6.07, 6.45) is 6.40. The molecule has 3 heterocycles. The van der Waals surface area contributed by atoms with E-state index in [0.29, 0.717) is 17.4 Å². The molecule has 0 aliphatic heterocycles. The number of nitrogens with one attached hydrogen (secondary N) is 1. The molecule has 0 spiro atoms. The molecule has 0 aromatic carbocycles. The van der Waals surface area contributed by atoms with Gasteiger partial charge in [0.05, 0.1) is 29.8 Å². The standard InChI is InChI=1S/C17H19ClN6O2/c1-10-14(17(18)23(4)21-10)5-6-16(25)20-13-7-19-24(8-13)9-15-11(2)22-26-12(15)3/h5-8H,9H2,1-4H3,(H,20,25). The lowest BCUT2D eigenvalue weighted by Gasteiger charge is -2.00. The minimum Gasteiger partial charge on any atom is -0.361 e. The highest BCUT2D eigenvalue weighted by Crippen LogP contribution is 2.20. The minimum absolute atomic E-state index is 0.277. The monoisotopic (exact) mass is 374 g/mol. The molecule has 1 amide bonds. The zero-order valence-electron chi connectivity index (χ0n) is 14.9. The van der Waals surface area contributed by atoms with Crippen molar-refractivity contribution in [2.24, 2.45) is 7.05 Å². The third-order valence-corrected chi connectivity index (χ3v) is 4.45. The molecule has 0 fully saturated rings. The second-order valence-corrected chi connectivity index (χ2v) is 6.32. The maximum absolute atomic E-state index is 12.1. The summed E-state index contributed by atoms with van der Waals surface area (Å²) < 4.78 is 8.43. The summed E-state index contributed by atoms with van der Waals surface area (Å²) in [4.78, 5) is 12.1. The number of nitrogens with zero attached hydrogens (tertiary/aromatic N) is 5. The first-order valence-corrected chi connectivity index (χ1v) is 8.35. The minimum atomic E-state index is -0.277. The summed E-state index contributed by atoms with van der Waals surface area (Å²) in [6, 6.07) is 0. The molecule has 0 saturated carbocycles. The lowest BCUT2D eigenvalue weighted by atomic mass is 10.2. The number of carbonyl (C=O) groups excluding carboxylic acids is 1. The van der Waals surface area contributed by atoms with Gasteiger partial charge in [0.1, 0.15) is 10.9 Å². The van der Waals surface area contributed by atoms with Gasteiger partial charge in [-0.2, -0.15) is 10.2 Å². The van der Waals surface area contributed by atoms with Crippen LogP contribution in [0.3, 0.4) is 0 Å². The van der Waals surface area contributed by atoms with Crippen LogP contribution < -0.4 is 5.32 Å². The number of anilines is 1. The number of carbonyl (C=O) groups is 1. The third-order valence-electron chi connectivity index (χ3n) is 4.00. The van der Waals surface area contributed by atoms with Crippen LogP contribution in [0.4, 0.5) is 5.69 Å². The fraction of sp³-hybridized carbons (Fsp3) is 0.294. The molecule has 0 atom stereocenters. The average Bonchev–Trinajstić information content (AvgIpc) is 3.22. The molecule has 9 heteroatoms. The quantitative estimate of drug-likeness (QED) is 0.693. The predicted octanol–water partition coefficient (Wildman–Crippen LogP) is 2.88. The van der Waals surface area contributed by atoms with E-state index in [2.05, 4.69) is 20.7 Å². The number of aromatic nitrogens is 5. The molecule has 3 aromatic heterocycles. The van der Waals surface area contributed by atoms with E-state index >= 15 is 0 Å². The van der Waals surface area contributed by atoms with Crippen molar-refractivity contribution in [3.05, 3.63) is 51.9 Å². The number of amides is 1. The van der Waals surface area contributed by atoms with E-state index in [0.717, 1.165) is 28.3 Å². The Labute approximate surface area is 155 Å². The van der Waals surface area contributed by atoms with E-state index in [4.69, 9.17) is 16.1 Å². The molecule has 0 saturated heterocycles. The van der Waals surface area contributed by atoms with Gasteiger partial charge in [0, 0.05) is 30.4 Å². The van der Waals surface area contributed by atoms with Gasteiger partial charge in [0.15, 0.2) is 0 Å². The van der Waals surface area contributed by atoms with Crippen LogP contribution in [0.1, 0.15) is 28.3 Å². The molecule has 136 valence electrons. The Morgan fingerprint density at radius 2 is 2.12 bits per heavy atom. The summed E-state index contributed by atoms with van der Waals surface area (Å²) in [5.74, 6) is 0.483. The lowest BCUT2D eigenvalue weighted by molar-refractivity contribution is -0.111. The highest BCUT2D eigenvalue weighted by atomic mass is 35.5. The smallest absolute Gasteiger partial charge is 0.248 e. The Kier molecular flexibility index (Phi) is 4.94. The first kappa shape index (κ1) is 17.9. The van der Waals surface area contributed by atoms with Crippen LogP contribution >= 0.6 is 11.6 Å². The Morgan fingerprint density at radius 3 is 2.73 bits per heavy atom. The number of hydrogen-bond donors (Lipinski definition) is 1. The van der Waals surface area contributed by atoms with Crippen LogP contribution in [0, 0.1) is 20.8 Å². The van der Waals surface area contributed by atoms with Crippen molar-refractivity contribution >= 4 is 29.3 Å². The summed E-state index contributed by atoms with van der Waals surface area (Å²) in [5, 5.41) is 15.6. The number of halogens is 1. The normalized spacial score (nSPS) is 11.4. The predicted molar refractivity (Wildman–Crippen MR) is 97.9 cm³/mol. The SMILES string of the molecule is Cc1nn(C)c(Cl)c1C=CC(=O)Nc1cnn(Cc2c(C)noc2C)c1. The number of aryl methyl sites for hydroxylation is 4. The molecule has 1 N–H and O–H groups in total. The van der Waals surface area contributed by atoms with Crippen LogP contribution in [0.2, 0.25) is 5.15 Å². The second-order valence-electron chi connectivity index (χ2n) is 5.97. The van der Waals surface area contributed by atoms with E-state index in [9.17, 15) is 4.79 Å². The zero-order valence-corrected chi connectivity index (χ0v) is 15.7.